The van der Waals surface area contributed by atoms with E-state index >= 15 is 0 Å². The maximum Gasteiger partial charge on any atom is 0.342 e. The first-order valence-corrected chi connectivity index (χ1v) is 9.16. The summed E-state index contributed by atoms with van der Waals surface area (Å²) in [6.07, 6.45) is 0. The first-order chi connectivity index (χ1) is 14.1. The predicted molar refractivity (Wildman–Crippen MR) is 113 cm³/mol. The summed E-state index contributed by atoms with van der Waals surface area (Å²) < 4.78 is 10.5. The Morgan fingerprint density at radius 3 is 2.10 bits per heavy atom. The Kier molecular flexibility index (Phi) is 5.12. The number of carbonyl (C=O) groups excluding carboxylic acids is 2. The van der Waals surface area contributed by atoms with Crippen LogP contribution in [0.1, 0.15) is 10.4 Å². The number of amides is 1. The van der Waals surface area contributed by atoms with Gasteiger partial charge in [-0.05, 0) is 45.8 Å². The second-order valence-electron chi connectivity index (χ2n) is 6.59. The number of esters is 1. The van der Waals surface area contributed by atoms with Crippen molar-refractivity contribution >= 4 is 39.1 Å². The Labute approximate surface area is 167 Å². The molecule has 0 aliphatic rings. The van der Waals surface area contributed by atoms with Crippen molar-refractivity contribution < 1.29 is 19.1 Å². The lowest BCUT2D eigenvalue weighted by atomic mass is 10.1. The van der Waals surface area contributed by atoms with Gasteiger partial charge in [0.25, 0.3) is 5.91 Å². The average molecular weight is 385 g/mol. The van der Waals surface area contributed by atoms with Crippen molar-refractivity contribution in [1.29, 1.82) is 0 Å². The van der Waals surface area contributed by atoms with Crippen LogP contribution in [0.4, 0.5) is 5.69 Å². The highest BCUT2D eigenvalue weighted by molar-refractivity contribution is 6.01. The normalized spacial score (nSPS) is 10.7. The summed E-state index contributed by atoms with van der Waals surface area (Å²) in [5, 5.41) is 6.70. The predicted octanol–water partition coefficient (Wildman–Crippen LogP) is 4.80. The molecule has 0 fully saturated rings. The van der Waals surface area contributed by atoms with Gasteiger partial charge in [0.2, 0.25) is 0 Å². The van der Waals surface area contributed by atoms with Gasteiger partial charge in [0.05, 0.1) is 7.11 Å². The molecule has 1 N–H and O–H groups in total. The zero-order valence-electron chi connectivity index (χ0n) is 15.8. The van der Waals surface area contributed by atoms with Gasteiger partial charge in [-0.15, -0.1) is 0 Å². The van der Waals surface area contributed by atoms with Crippen molar-refractivity contribution in [2.24, 2.45) is 0 Å². The Hall–Kier alpha value is -3.86. The van der Waals surface area contributed by atoms with Gasteiger partial charge in [-0.2, -0.15) is 0 Å². The van der Waals surface area contributed by atoms with Crippen LogP contribution in [-0.2, 0) is 9.53 Å². The molecule has 0 aliphatic carbocycles. The largest absolute Gasteiger partial charge is 0.496 e. The quantitative estimate of drug-likeness (QED) is 0.501. The fraction of sp³-hybridized carbons (Fsp3) is 0.0833. The molecule has 0 aromatic heterocycles. The van der Waals surface area contributed by atoms with Crippen LogP contribution < -0.4 is 10.1 Å². The number of anilines is 1. The SMILES string of the molecule is COc1cc2ccccc2cc1C(=O)OCC(=O)Nc1ccc2ccccc2c1. The summed E-state index contributed by atoms with van der Waals surface area (Å²) in [5.41, 5.74) is 0.928. The molecule has 29 heavy (non-hydrogen) atoms. The fourth-order valence-corrected chi connectivity index (χ4v) is 3.22. The van der Waals surface area contributed by atoms with E-state index in [0.717, 1.165) is 21.5 Å². The van der Waals surface area contributed by atoms with Gasteiger partial charge >= 0.3 is 5.97 Å². The van der Waals surface area contributed by atoms with E-state index in [4.69, 9.17) is 9.47 Å². The number of hydrogen-bond donors (Lipinski definition) is 1. The minimum Gasteiger partial charge on any atom is -0.496 e. The van der Waals surface area contributed by atoms with Crippen molar-refractivity contribution in [3.8, 4) is 5.75 Å². The topological polar surface area (TPSA) is 64.6 Å². The molecule has 0 atom stereocenters. The lowest BCUT2D eigenvalue weighted by Crippen LogP contribution is -2.21. The monoisotopic (exact) mass is 385 g/mol. The van der Waals surface area contributed by atoms with Gasteiger partial charge in [0.1, 0.15) is 11.3 Å². The molecule has 1 amide bonds. The van der Waals surface area contributed by atoms with Crippen molar-refractivity contribution in [2.45, 2.75) is 0 Å². The minimum atomic E-state index is -0.610. The van der Waals surface area contributed by atoms with Crippen molar-refractivity contribution in [2.75, 3.05) is 19.0 Å². The van der Waals surface area contributed by atoms with E-state index in [1.807, 2.05) is 66.7 Å². The number of ether oxygens (including phenoxy) is 2. The lowest BCUT2D eigenvalue weighted by molar-refractivity contribution is -0.119. The number of rotatable bonds is 5. The van der Waals surface area contributed by atoms with E-state index in [0.29, 0.717) is 11.4 Å². The van der Waals surface area contributed by atoms with E-state index in [1.165, 1.54) is 7.11 Å². The van der Waals surface area contributed by atoms with Gasteiger partial charge in [-0.1, -0.05) is 54.6 Å². The fourth-order valence-electron chi connectivity index (χ4n) is 3.22. The number of nitrogens with one attached hydrogen (secondary N) is 1. The Balaban J connectivity index is 1.44. The molecule has 0 saturated carbocycles. The van der Waals surface area contributed by atoms with Gasteiger partial charge in [0.15, 0.2) is 6.61 Å². The molecule has 144 valence electrons. The highest BCUT2D eigenvalue weighted by Gasteiger charge is 2.16. The van der Waals surface area contributed by atoms with Crippen molar-refractivity contribution in [1.82, 2.24) is 0 Å². The second-order valence-corrected chi connectivity index (χ2v) is 6.59. The minimum absolute atomic E-state index is 0.282. The molecule has 0 saturated heterocycles. The first-order valence-electron chi connectivity index (χ1n) is 9.16. The van der Waals surface area contributed by atoms with Crippen LogP contribution in [0.15, 0.2) is 78.9 Å². The molecule has 5 nitrogen and oxygen atoms in total. The molecular formula is C24H19NO4. The van der Waals surface area contributed by atoms with E-state index in [2.05, 4.69) is 5.32 Å². The molecule has 0 unspecified atom stereocenters. The van der Waals surface area contributed by atoms with Crippen LogP contribution in [0, 0.1) is 0 Å². The maximum absolute atomic E-state index is 12.5. The highest BCUT2D eigenvalue weighted by Crippen LogP contribution is 2.26. The number of fused-ring (bicyclic) bond motifs is 2. The molecule has 4 rings (SSSR count). The third-order valence-electron chi connectivity index (χ3n) is 4.66. The van der Waals surface area contributed by atoms with Gasteiger partial charge in [0, 0.05) is 5.69 Å². The molecule has 0 heterocycles. The van der Waals surface area contributed by atoms with E-state index < -0.39 is 11.9 Å². The van der Waals surface area contributed by atoms with Gasteiger partial charge < -0.3 is 14.8 Å². The molecule has 0 aliphatic heterocycles. The van der Waals surface area contributed by atoms with Crippen LogP contribution in [0.5, 0.6) is 5.75 Å². The number of carbonyl (C=O) groups is 2. The Bertz CT molecular complexity index is 1220. The molecule has 0 spiro atoms. The molecule has 5 heteroatoms. The average Bonchev–Trinajstić information content (AvgIpc) is 2.76. The maximum atomic E-state index is 12.5. The molecule has 4 aromatic rings. The summed E-state index contributed by atoms with van der Waals surface area (Å²) in [5.74, 6) is -0.613. The summed E-state index contributed by atoms with van der Waals surface area (Å²) in [6.45, 7) is -0.387. The highest BCUT2D eigenvalue weighted by atomic mass is 16.5. The lowest BCUT2D eigenvalue weighted by Gasteiger charge is -2.11. The molecule has 0 bridgehead atoms. The van der Waals surface area contributed by atoms with Crippen LogP contribution in [-0.4, -0.2) is 25.6 Å². The Morgan fingerprint density at radius 2 is 1.41 bits per heavy atom. The van der Waals surface area contributed by atoms with E-state index in [9.17, 15) is 9.59 Å². The van der Waals surface area contributed by atoms with Crippen LogP contribution in [0.3, 0.4) is 0 Å². The third kappa shape index (κ3) is 4.04. The smallest absolute Gasteiger partial charge is 0.342 e. The third-order valence-corrected chi connectivity index (χ3v) is 4.66. The first kappa shape index (κ1) is 18.5. The van der Waals surface area contributed by atoms with Crippen molar-refractivity contribution in [3.05, 3.63) is 84.4 Å². The van der Waals surface area contributed by atoms with Gasteiger partial charge in [-0.3, -0.25) is 4.79 Å². The van der Waals surface area contributed by atoms with Crippen molar-refractivity contribution in [3.63, 3.8) is 0 Å². The van der Waals surface area contributed by atoms with Crippen LogP contribution in [0.25, 0.3) is 21.5 Å². The summed E-state index contributed by atoms with van der Waals surface area (Å²) in [7, 11) is 1.49. The molecule has 0 radical (unpaired) electrons. The number of hydrogen-bond acceptors (Lipinski definition) is 4. The second kappa shape index (κ2) is 8.02. The van der Waals surface area contributed by atoms with Crippen LogP contribution >= 0.6 is 0 Å². The Morgan fingerprint density at radius 1 is 0.793 bits per heavy atom. The molecular weight excluding hydrogens is 366 g/mol. The summed E-state index contributed by atoms with van der Waals surface area (Å²) in [6, 6.07) is 24.6. The van der Waals surface area contributed by atoms with Gasteiger partial charge in [-0.25, -0.2) is 4.79 Å². The zero-order chi connectivity index (χ0) is 20.2. The molecule has 4 aromatic carbocycles. The van der Waals surface area contributed by atoms with E-state index in [1.54, 1.807) is 12.1 Å². The number of methoxy groups -OCH3 is 1. The zero-order valence-corrected chi connectivity index (χ0v) is 15.8. The summed E-state index contributed by atoms with van der Waals surface area (Å²) in [4.78, 5) is 24.7. The standard InChI is InChI=1S/C24H19NO4/c1-28-22-14-19-9-5-4-8-18(19)13-21(22)24(27)29-15-23(26)25-20-11-10-16-6-2-3-7-17(16)12-20/h2-14H,15H2,1H3,(H,25,26). The van der Waals surface area contributed by atoms with Crippen LogP contribution in [0.2, 0.25) is 0 Å². The number of benzene rings is 4. The summed E-state index contributed by atoms with van der Waals surface area (Å²) >= 11 is 0. The van der Waals surface area contributed by atoms with E-state index in [-0.39, 0.29) is 12.2 Å².